The summed E-state index contributed by atoms with van der Waals surface area (Å²) in [6.07, 6.45) is -4.76. The highest BCUT2D eigenvalue weighted by molar-refractivity contribution is 6.44. The molecular weight excluding hydrogens is 290 g/mol. The number of carbonyl (C=O) groups is 1. The van der Waals surface area contributed by atoms with Gasteiger partial charge < -0.3 is 5.32 Å². The van der Waals surface area contributed by atoms with Crippen LogP contribution in [0.5, 0.6) is 0 Å². The van der Waals surface area contributed by atoms with Gasteiger partial charge in [0.05, 0.1) is 0 Å². The van der Waals surface area contributed by atoms with Crippen molar-refractivity contribution in [2.75, 3.05) is 5.32 Å². The zero-order chi connectivity index (χ0) is 16.3. The molecule has 0 aliphatic rings. The molecule has 0 amide bonds. The predicted octanol–water partition coefficient (Wildman–Crippen LogP) is 3.28. The van der Waals surface area contributed by atoms with Crippen LogP contribution in [-0.2, 0) is 4.79 Å². The number of carbonyl (C=O) groups excluding carboxylic acids is 1. The molecule has 0 unspecified atom stereocenters. The van der Waals surface area contributed by atoms with Crippen LogP contribution in [0.3, 0.4) is 0 Å². The van der Waals surface area contributed by atoms with Crippen LogP contribution in [0, 0.1) is 11.2 Å². The monoisotopic (exact) mass is 305 g/mol. The van der Waals surface area contributed by atoms with Crippen molar-refractivity contribution in [1.82, 2.24) is 5.43 Å². The van der Waals surface area contributed by atoms with Gasteiger partial charge in [-0.3, -0.25) is 4.79 Å². The molecule has 0 bridgehead atoms. The second-order valence-electron chi connectivity index (χ2n) is 5.28. The number of Topliss-reactive ketones (excluding diaryl/α,β-unsaturated/α-hetero) is 1. The van der Waals surface area contributed by atoms with E-state index in [0.717, 1.165) is 17.6 Å². The number of nitrogens with zero attached hydrogens (tertiary/aromatic N) is 1. The first kappa shape index (κ1) is 16.9. The summed E-state index contributed by atoms with van der Waals surface area (Å²) >= 11 is 0. The van der Waals surface area contributed by atoms with Gasteiger partial charge in [0.1, 0.15) is 5.82 Å². The number of rotatable bonds is 3. The van der Waals surface area contributed by atoms with Crippen molar-refractivity contribution in [3.8, 4) is 0 Å². The number of nitrogens with one attached hydrogen (secondary N) is 2. The Kier molecular flexibility index (Phi) is 4.93. The number of benzene rings is 1. The average Bonchev–Trinajstić information content (AvgIpc) is 2.33. The molecule has 0 aliphatic heterocycles. The molecule has 0 aromatic heterocycles. The van der Waals surface area contributed by atoms with E-state index in [9.17, 15) is 22.4 Å². The Balaban J connectivity index is 3.02. The summed E-state index contributed by atoms with van der Waals surface area (Å²) in [5.41, 5.74) is 0.253. The Labute approximate surface area is 119 Å². The van der Waals surface area contributed by atoms with Crippen LogP contribution in [0.15, 0.2) is 29.4 Å². The van der Waals surface area contributed by atoms with Gasteiger partial charge in [0.25, 0.3) is 0 Å². The van der Waals surface area contributed by atoms with E-state index in [1.807, 2.05) is 0 Å². The molecule has 8 heteroatoms. The molecule has 1 aromatic rings. The van der Waals surface area contributed by atoms with E-state index in [4.69, 9.17) is 0 Å². The lowest BCUT2D eigenvalue weighted by molar-refractivity contribution is -0.156. The first-order valence-corrected chi connectivity index (χ1v) is 5.98. The molecule has 1 rings (SSSR count). The third kappa shape index (κ3) is 5.80. The molecule has 0 radical (unpaired) electrons. The van der Waals surface area contributed by atoms with Gasteiger partial charge in [-0.2, -0.15) is 5.10 Å². The number of hydrogen-bond donors (Lipinski definition) is 2. The molecule has 1 aromatic carbocycles. The maximum absolute atomic E-state index is 12.8. The molecule has 0 heterocycles. The first-order chi connectivity index (χ1) is 9.49. The topological polar surface area (TPSA) is 53.5 Å². The minimum Gasteiger partial charge on any atom is -0.336 e. The number of anilines is 1. The molecule has 0 fully saturated rings. The number of amidine groups is 1. The van der Waals surface area contributed by atoms with Crippen LogP contribution in [-0.4, -0.2) is 17.9 Å². The summed E-state index contributed by atoms with van der Waals surface area (Å²) in [7, 11) is 0. The largest absolute Gasteiger partial charge is 0.497 e. The van der Waals surface area contributed by atoms with E-state index < -0.39 is 29.2 Å². The molecule has 0 spiro atoms. The molecule has 21 heavy (non-hydrogen) atoms. The van der Waals surface area contributed by atoms with Crippen molar-refractivity contribution in [3.63, 3.8) is 0 Å². The highest BCUT2D eigenvalue weighted by Crippen LogP contribution is 2.18. The van der Waals surface area contributed by atoms with Gasteiger partial charge in [0.2, 0.25) is 5.78 Å². The highest BCUT2D eigenvalue weighted by Gasteiger charge is 2.30. The summed E-state index contributed by atoms with van der Waals surface area (Å²) in [5, 5.41) is 5.52. The highest BCUT2D eigenvalue weighted by atomic mass is 19.4. The van der Waals surface area contributed by atoms with Gasteiger partial charge >= 0.3 is 6.30 Å². The maximum Gasteiger partial charge on any atom is 0.497 e. The standard InChI is InChI=1S/C13H15F4N3O/c1-12(2,3)10(21)11(19-20-13(15,16)17)18-9-6-4-8(14)5-7-9/h4-7,20H,1-3H3,(H,18,19). The van der Waals surface area contributed by atoms with Crippen molar-refractivity contribution in [2.45, 2.75) is 27.1 Å². The van der Waals surface area contributed by atoms with E-state index in [0.29, 0.717) is 0 Å². The summed E-state index contributed by atoms with van der Waals surface area (Å²) in [6, 6.07) is 4.79. The van der Waals surface area contributed by atoms with Crippen LogP contribution >= 0.6 is 0 Å². The molecule has 0 atom stereocenters. The Morgan fingerprint density at radius 3 is 2.05 bits per heavy atom. The van der Waals surface area contributed by atoms with Crippen LogP contribution in [0.25, 0.3) is 0 Å². The summed E-state index contributed by atoms with van der Waals surface area (Å²) < 4.78 is 49.3. The lowest BCUT2D eigenvalue weighted by Crippen LogP contribution is -2.37. The number of alkyl halides is 3. The van der Waals surface area contributed by atoms with E-state index in [2.05, 4.69) is 10.4 Å². The average molecular weight is 305 g/mol. The fourth-order valence-corrected chi connectivity index (χ4v) is 1.28. The van der Waals surface area contributed by atoms with Gasteiger partial charge in [-0.05, 0) is 24.3 Å². The quantitative estimate of drug-likeness (QED) is 0.296. The zero-order valence-electron chi connectivity index (χ0n) is 11.7. The molecular formula is C13H15F4N3O. The smallest absolute Gasteiger partial charge is 0.336 e. The molecule has 2 N–H and O–H groups in total. The number of hydrogen-bond acceptors (Lipinski definition) is 3. The SMILES string of the molecule is CC(C)(C)C(=O)C(=NNC(F)(F)F)Nc1ccc(F)cc1. The van der Waals surface area contributed by atoms with Gasteiger partial charge in [0.15, 0.2) is 5.84 Å². The van der Waals surface area contributed by atoms with E-state index in [1.54, 1.807) is 20.8 Å². The van der Waals surface area contributed by atoms with Gasteiger partial charge in [0, 0.05) is 11.1 Å². The number of halogens is 4. The van der Waals surface area contributed by atoms with Crippen molar-refractivity contribution in [1.29, 1.82) is 0 Å². The number of ketones is 1. The molecule has 116 valence electrons. The van der Waals surface area contributed by atoms with Gasteiger partial charge in [-0.25, -0.2) is 9.82 Å². The Morgan fingerprint density at radius 1 is 1.10 bits per heavy atom. The Morgan fingerprint density at radius 2 is 1.62 bits per heavy atom. The third-order valence-electron chi connectivity index (χ3n) is 2.30. The normalized spacial score (nSPS) is 13.0. The van der Waals surface area contributed by atoms with Gasteiger partial charge in [-0.1, -0.05) is 20.8 Å². The van der Waals surface area contributed by atoms with Gasteiger partial charge in [-0.15, -0.1) is 13.2 Å². The van der Waals surface area contributed by atoms with Crippen LogP contribution < -0.4 is 10.7 Å². The lowest BCUT2D eigenvalue weighted by atomic mass is 9.90. The van der Waals surface area contributed by atoms with Crippen molar-refractivity contribution < 1.29 is 22.4 Å². The zero-order valence-corrected chi connectivity index (χ0v) is 11.7. The molecule has 0 aliphatic carbocycles. The van der Waals surface area contributed by atoms with Crippen molar-refractivity contribution in [3.05, 3.63) is 30.1 Å². The van der Waals surface area contributed by atoms with Crippen molar-refractivity contribution >= 4 is 17.3 Å². The molecule has 0 saturated heterocycles. The second-order valence-corrected chi connectivity index (χ2v) is 5.28. The van der Waals surface area contributed by atoms with Crippen LogP contribution in [0.2, 0.25) is 0 Å². The first-order valence-electron chi connectivity index (χ1n) is 5.98. The summed E-state index contributed by atoms with van der Waals surface area (Å²) in [5.74, 6) is -1.63. The Bertz CT molecular complexity index is 530. The fraction of sp³-hybridized carbons (Fsp3) is 0.385. The fourth-order valence-electron chi connectivity index (χ4n) is 1.28. The minimum atomic E-state index is -4.76. The van der Waals surface area contributed by atoms with E-state index in [1.165, 1.54) is 12.1 Å². The van der Waals surface area contributed by atoms with Crippen molar-refractivity contribution in [2.24, 2.45) is 10.5 Å². The minimum absolute atomic E-state index is 0.247. The third-order valence-corrected chi connectivity index (χ3v) is 2.30. The summed E-state index contributed by atoms with van der Waals surface area (Å²) in [6.45, 7) is 4.64. The summed E-state index contributed by atoms with van der Waals surface area (Å²) in [4.78, 5) is 12.1. The number of hydrazone groups is 1. The van der Waals surface area contributed by atoms with Crippen LogP contribution in [0.4, 0.5) is 23.2 Å². The van der Waals surface area contributed by atoms with E-state index in [-0.39, 0.29) is 5.69 Å². The lowest BCUT2D eigenvalue weighted by Gasteiger charge is -2.19. The van der Waals surface area contributed by atoms with E-state index >= 15 is 0 Å². The maximum atomic E-state index is 12.8. The van der Waals surface area contributed by atoms with Crippen LogP contribution in [0.1, 0.15) is 20.8 Å². The molecule has 0 saturated carbocycles. The predicted molar refractivity (Wildman–Crippen MR) is 71.1 cm³/mol. The second kappa shape index (κ2) is 6.11. The Hall–Kier alpha value is -2.12. The molecule has 4 nitrogen and oxygen atoms in total.